The summed E-state index contributed by atoms with van der Waals surface area (Å²) >= 11 is 8.00. The molecule has 0 heterocycles. The van der Waals surface area contributed by atoms with E-state index in [9.17, 15) is 4.79 Å². The molecule has 0 aliphatic carbocycles. The number of carbonyl (C=O) groups is 1. The molecule has 0 bridgehead atoms. The minimum atomic E-state index is 0.173. The summed E-state index contributed by atoms with van der Waals surface area (Å²) in [5.41, 5.74) is 0.742. The first kappa shape index (κ1) is 12.0. The van der Waals surface area contributed by atoms with E-state index in [1.165, 1.54) is 0 Å². The molecule has 0 radical (unpaired) electrons. The van der Waals surface area contributed by atoms with Crippen molar-refractivity contribution >= 4 is 40.0 Å². The fourth-order valence-corrected chi connectivity index (χ4v) is 2.00. The molecule has 3 heteroatoms. The quantitative estimate of drug-likeness (QED) is 0.603. The van der Waals surface area contributed by atoms with Crippen molar-refractivity contribution in [2.24, 2.45) is 5.92 Å². The van der Waals surface area contributed by atoms with Gasteiger partial charge in [-0.05, 0) is 46.7 Å². The van der Waals surface area contributed by atoms with Crippen LogP contribution in [0.1, 0.15) is 30.6 Å². The van der Waals surface area contributed by atoms with E-state index in [2.05, 4.69) is 22.6 Å². The van der Waals surface area contributed by atoms with E-state index in [-0.39, 0.29) is 5.78 Å². The van der Waals surface area contributed by atoms with E-state index in [1.807, 2.05) is 19.9 Å². The van der Waals surface area contributed by atoms with Gasteiger partial charge in [-0.15, -0.1) is 0 Å². The van der Waals surface area contributed by atoms with Crippen LogP contribution in [0.4, 0.5) is 0 Å². The summed E-state index contributed by atoms with van der Waals surface area (Å²) in [7, 11) is 0. The van der Waals surface area contributed by atoms with Crippen LogP contribution in [0.3, 0.4) is 0 Å². The second-order valence-electron chi connectivity index (χ2n) is 3.65. The maximum Gasteiger partial charge on any atom is 0.164 e. The zero-order valence-corrected chi connectivity index (χ0v) is 11.1. The summed E-state index contributed by atoms with van der Waals surface area (Å²) in [6.45, 7) is 4.07. The van der Waals surface area contributed by atoms with Gasteiger partial charge in [0.1, 0.15) is 0 Å². The first-order chi connectivity index (χ1) is 6.50. The van der Waals surface area contributed by atoms with E-state index < -0.39 is 0 Å². The Morgan fingerprint density at radius 2 is 2.14 bits per heavy atom. The number of Topliss-reactive ketones (excluding diaryl/α,β-unsaturated/α-hetero) is 1. The Bertz CT molecular complexity index is 347. The van der Waals surface area contributed by atoms with Crippen LogP contribution in [-0.4, -0.2) is 5.78 Å². The fraction of sp³-hybridized carbons (Fsp3) is 0.364. The standard InChI is InChI=1S/C11H12ClIO/c1-7(2)5-11(14)9-6-8(12)3-4-10(9)13/h3-4,6-7H,5H2,1-2H3. The molecule has 0 unspecified atom stereocenters. The highest BCUT2D eigenvalue weighted by Crippen LogP contribution is 2.20. The minimum absolute atomic E-state index is 0.173. The highest BCUT2D eigenvalue weighted by atomic mass is 127. The number of benzene rings is 1. The predicted octanol–water partition coefficient (Wildman–Crippen LogP) is 4.17. The number of halogens is 2. The van der Waals surface area contributed by atoms with Gasteiger partial charge in [0.05, 0.1) is 0 Å². The highest BCUT2D eigenvalue weighted by Gasteiger charge is 2.11. The Morgan fingerprint density at radius 1 is 1.50 bits per heavy atom. The number of ketones is 1. The highest BCUT2D eigenvalue weighted by molar-refractivity contribution is 14.1. The van der Waals surface area contributed by atoms with Crippen molar-refractivity contribution in [3.8, 4) is 0 Å². The topological polar surface area (TPSA) is 17.1 Å². The summed E-state index contributed by atoms with van der Waals surface area (Å²) in [5.74, 6) is 0.559. The molecule has 76 valence electrons. The molecule has 0 aliphatic heterocycles. The summed E-state index contributed by atoms with van der Waals surface area (Å²) in [5, 5.41) is 0.623. The number of carbonyl (C=O) groups excluding carboxylic acids is 1. The Morgan fingerprint density at radius 3 is 2.71 bits per heavy atom. The SMILES string of the molecule is CC(C)CC(=O)c1cc(Cl)ccc1I. The zero-order valence-electron chi connectivity index (χ0n) is 8.18. The molecule has 0 saturated carbocycles. The van der Waals surface area contributed by atoms with Gasteiger partial charge >= 0.3 is 0 Å². The van der Waals surface area contributed by atoms with E-state index in [0.717, 1.165) is 9.13 Å². The third-order valence-electron chi connectivity index (χ3n) is 1.82. The smallest absolute Gasteiger partial charge is 0.164 e. The van der Waals surface area contributed by atoms with Gasteiger partial charge in [0.15, 0.2) is 5.78 Å². The lowest BCUT2D eigenvalue weighted by Crippen LogP contribution is -2.05. The van der Waals surface area contributed by atoms with Crippen LogP contribution in [0.5, 0.6) is 0 Å². The van der Waals surface area contributed by atoms with Crippen LogP contribution in [0, 0.1) is 9.49 Å². The summed E-state index contributed by atoms with van der Waals surface area (Å²) < 4.78 is 0.970. The molecule has 0 spiro atoms. The molecule has 1 rings (SSSR count). The van der Waals surface area contributed by atoms with Crippen molar-refractivity contribution in [2.45, 2.75) is 20.3 Å². The van der Waals surface area contributed by atoms with Gasteiger partial charge in [0, 0.05) is 20.6 Å². The lowest BCUT2D eigenvalue weighted by molar-refractivity contribution is 0.0967. The first-order valence-electron chi connectivity index (χ1n) is 4.49. The molecule has 0 saturated heterocycles. The molecular weight excluding hydrogens is 310 g/mol. The van der Waals surface area contributed by atoms with E-state index >= 15 is 0 Å². The van der Waals surface area contributed by atoms with E-state index in [0.29, 0.717) is 17.4 Å². The van der Waals surface area contributed by atoms with Crippen LogP contribution in [0.15, 0.2) is 18.2 Å². The Labute approximate surface area is 103 Å². The average Bonchev–Trinajstić information content (AvgIpc) is 2.08. The maximum atomic E-state index is 11.8. The molecule has 14 heavy (non-hydrogen) atoms. The number of hydrogen-bond donors (Lipinski definition) is 0. The zero-order chi connectivity index (χ0) is 10.7. The van der Waals surface area contributed by atoms with Crippen molar-refractivity contribution in [1.82, 2.24) is 0 Å². The van der Waals surface area contributed by atoms with Gasteiger partial charge in [0.2, 0.25) is 0 Å². The van der Waals surface area contributed by atoms with Crippen molar-refractivity contribution in [3.63, 3.8) is 0 Å². The lowest BCUT2D eigenvalue weighted by atomic mass is 10.0. The summed E-state index contributed by atoms with van der Waals surface area (Å²) in [4.78, 5) is 11.8. The molecule has 1 aromatic rings. The molecular formula is C11H12ClIO. The maximum absolute atomic E-state index is 11.8. The van der Waals surface area contributed by atoms with Crippen LogP contribution in [0.25, 0.3) is 0 Å². The Kier molecular flexibility index (Phi) is 4.38. The van der Waals surface area contributed by atoms with Crippen LogP contribution in [-0.2, 0) is 0 Å². The van der Waals surface area contributed by atoms with Gasteiger partial charge in [-0.2, -0.15) is 0 Å². The molecule has 0 N–H and O–H groups in total. The monoisotopic (exact) mass is 322 g/mol. The van der Waals surface area contributed by atoms with E-state index in [1.54, 1.807) is 12.1 Å². The number of hydrogen-bond acceptors (Lipinski definition) is 1. The second-order valence-corrected chi connectivity index (χ2v) is 5.24. The summed E-state index contributed by atoms with van der Waals surface area (Å²) in [6.07, 6.45) is 0.580. The first-order valence-corrected chi connectivity index (χ1v) is 5.94. The molecule has 0 aliphatic rings. The Hall–Kier alpha value is -0.0900. The van der Waals surface area contributed by atoms with Crippen molar-refractivity contribution in [3.05, 3.63) is 32.4 Å². The van der Waals surface area contributed by atoms with Gasteiger partial charge < -0.3 is 0 Å². The predicted molar refractivity (Wildman–Crippen MR) is 68.0 cm³/mol. The third-order valence-corrected chi connectivity index (χ3v) is 3.00. The van der Waals surface area contributed by atoms with E-state index in [4.69, 9.17) is 11.6 Å². The molecule has 0 aromatic heterocycles. The average molecular weight is 323 g/mol. The molecule has 0 atom stereocenters. The van der Waals surface area contributed by atoms with Gasteiger partial charge in [0.25, 0.3) is 0 Å². The molecule has 1 aromatic carbocycles. The number of rotatable bonds is 3. The Balaban J connectivity index is 2.94. The van der Waals surface area contributed by atoms with Gasteiger partial charge in [-0.1, -0.05) is 25.4 Å². The van der Waals surface area contributed by atoms with Crippen molar-refractivity contribution in [2.75, 3.05) is 0 Å². The second kappa shape index (κ2) is 5.12. The van der Waals surface area contributed by atoms with Gasteiger partial charge in [-0.3, -0.25) is 4.79 Å². The molecule has 1 nitrogen and oxygen atoms in total. The third kappa shape index (κ3) is 3.24. The summed E-state index contributed by atoms with van der Waals surface area (Å²) in [6, 6.07) is 5.42. The lowest BCUT2D eigenvalue weighted by Gasteiger charge is -2.06. The fourth-order valence-electron chi connectivity index (χ4n) is 1.19. The molecule has 0 amide bonds. The normalized spacial score (nSPS) is 10.6. The van der Waals surface area contributed by atoms with Gasteiger partial charge in [-0.25, -0.2) is 0 Å². The largest absolute Gasteiger partial charge is 0.294 e. The van der Waals surface area contributed by atoms with Crippen LogP contribution >= 0.6 is 34.2 Å². The van der Waals surface area contributed by atoms with Crippen LogP contribution in [0.2, 0.25) is 5.02 Å². The van der Waals surface area contributed by atoms with Crippen molar-refractivity contribution in [1.29, 1.82) is 0 Å². The molecule has 0 fully saturated rings. The van der Waals surface area contributed by atoms with Crippen LogP contribution < -0.4 is 0 Å². The van der Waals surface area contributed by atoms with Crippen molar-refractivity contribution < 1.29 is 4.79 Å². The minimum Gasteiger partial charge on any atom is -0.294 e.